The lowest BCUT2D eigenvalue weighted by Gasteiger charge is -2.08. The Hall–Kier alpha value is -2.24. The molecular weight excluding hydrogens is 226 g/mol. The van der Waals surface area contributed by atoms with Gasteiger partial charge in [-0.05, 0) is 6.07 Å². The summed E-state index contributed by atoms with van der Waals surface area (Å²) in [7, 11) is 0. The highest BCUT2D eigenvalue weighted by atomic mass is 19.3. The lowest BCUT2D eigenvalue weighted by atomic mass is 10.1. The van der Waals surface area contributed by atoms with Crippen LogP contribution in [-0.2, 0) is 0 Å². The second kappa shape index (κ2) is 3.65. The van der Waals surface area contributed by atoms with Crippen LogP contribution in [-0.4, -0.2) is 20.0 Å². The van der Waals surface area contributed by atoms with Crippen molar-refractivity contribution in [3.8, 4) is 5.69 Å². The number of nitrogens with zero attached hydrogens (tertiary/aromatic N) is 3. The molecular formula is C11H8F2N4. The minimum absolute atomic E-state index is 0.0869. The molecule has 0 atom stereocenters. The number of H-pyrrole nitrogens is 1. The molecule has 0 spiro atoms. The highest BCUT2D eigenvalue weighted by molar-refractivity contribution is 5.88. The van der Waals surface area contributed by atoms with Crippen molar-refractivity contribution < 1.29 is 8.78 Å². The standard InChI is InChI=1S/C11H8F2N4/c12-11(13)8-2-1-7-3-4-14-9(7)10(8)17-15-5-6-16-17/h1-6,11,14H. The summed E-state index contributed by atoms with van der Waals surface area (Å²) in [4.78, 5) is 4.15. The second-order valence-corrected chi connectivity index (χ2v) is 3.56. The number of nitrogens with one attached hydrogen (secondary N) is 1. The largest absolute Gasteiger partial charge is 0.359 e. The number of rotatable bonds is 2. The molecule has 0 fully saturated rings. The summed E-state index contributed by atoms with van der Waals surface area (Å²) in [6.45, 7) is 0. The van der Waals surface area contributed by atoms with Gasteiger partial charge in [0.25, 0.3) is 6.43 Å². The fourth-order valence-corrected chi connectivity index (χ4v) is 1.85. The summed E-state index contributed by atoms with van der Waals surface area (Å²) in [6, 6.07) is 4.87. The number of aromatic amines is 1. The maximum Gasteiger partial charge on any atom is 0.266 e. The molecule has 3 rings (SSSR count). The number of alkyl halides is 2. The molecule has 86 valence electrons. The van der Waals surface area contributed by atoms with E-state index in [9.17, 15) is 8.78 Å². The second-order valence-electron chi connectivity index (χ2n) is 3.56. The highest BCUT2D eigenvalue weighted by Gasteiger charge is 2.18. The molecule has 1 N–H and O–H groups in total. The third-order valence-corrected chi connectivity index (χ3v) is 2.59. The van der Waals surface area contributed by atoms with Crippen molar-refractivity contribution in [2.24, 2.45) is 0 Å². The lowest BCUT2D eigenvalue weighted by Crippen LogP contribution is -2.04. The van der Waals surface area contributed by atoms with E-state index in [0.29, 0.717) is 11.2 Å². The van der Waals surface area contributed by atoms with E-state index in [1.165, 1.54) is 23.3 Å². The van der Waals surface area contributed by atoms with Crippen molar-refractivity contribution in [3.63, 3.8) is 0 Å². The zero-order valence-electron chi connectivity index (χ0n) is 8.64. The SMILES string of the molecule is FC(F)c1ccc2cc[nH]c2c1-n1nccn1. The molecule has 6 heteroatoms. The molecule has 0 saturated carbocycles. The van der Waals surface area contributed by atoms with Crippen molar-refractivity contribution in [2.75, 3.05) is 0 Å². The van der Waals surface area contributed by atoms with E-state index in [4.69, 9.17) is 0 Å². The maximum atomic E-state index is 13.0. The van der Waals surface area contributed by atoms with Crippen molar-refractivity contribution >= 4 is 10.9 Å². The van der Waals surface area contributed by atoms with Crippen molar-refractivity contribution in [1.29, 1.82) is 0 Å². The molecule has 3 aromatic rings. The van der Waals surface area contributed by atoms with Gasteiger partial charge in [-0.15, -0.1) is 4.80 Å². The quantitative estimate of drug-likeness (QED) is 0.741. The molecule has 0 bridgehead atoms. The van der Waals surface area contributed by atoms with Crippen LogP contribution in [0.5, 0.6) is 0 Å². The number of benzene rings is 1. The normalized spacial score (nSPS) is 11.5. The fraction of sp³-hybridized carbons (Fsp3) is 0.0909. The van der Waals surface area contributed by atoms with Crippen LogP contribution in [0.2, 0.25) is 0 Å². The summed E-state index contributed by atoms with van der Waals surface area (Å²) in [6.07, 6.45) is 2.05. The van der Waals surface area contributed by atoms with Crippen molar-refractivity contribution in [3.05, 3.63) is 42.4 Å². The third kappa shape index (κ3) is 1.49. The predicted molar refractivity (Wildman–Crippen MR) is 58.2 cm³/mol. The molecule has 0 saturated heterocycles. The van der Waals surface area contributed by atoms with Crippen LogP contribution in [0.1, 0.15) is 12.0 Å². The molecule has 0 unspecified atom stereocenters. The van der Waals surface area contributed by atoms with Crippen LogP contribution >= 0.6 is 0 Å². The van der Waals surface area contributed by atoms with Gasteiger partial charge in [0.15, 0.2) is 0 Å². The highest BCUT2D eigenvalue weighted by Crippen LogP contribution is 2.30. The molecule has 1 aromatic carbocycles. The number of halogens is 2. The van der Waals surface area contributed by atoms with Crippen LogP contribution in [0.15, 0.2) is 36.8 Å². The minimum atomic E-state index is -2.57. The first kappa shape index (κ1) is 9.95. The summed E-state index contributed by atoms with van der Waals surface area (Å²) in [5, 5.41) is 8.67. The predicted octanol–water partition coefficient (Wildman–Crippen LogP) is 2.69. The molecule has 0 aliphatic heterocycles. The van der Waals surface area contributed by atoms with Gasteiger partial charge < -0.3 is 4.98 Å². The number of hydrogen-bond acceptors (Lipinski definition) is 2. The smallest absolute Gasteiger partial charge is 0.266 e. The van der Waals surface area contributed by atoms with Gasteiger partial charge in [0.2, 0.25) is 0 Å². The van der Waals surface area contributed by atoms with Crippen LogP contribution in [0.25, 0.3) is 16.6 Å². The maximum absolute atomic E-state index is 13.0. The van der Waals surface area contributed by atoms with E-state index in [2.05, 4.69) is 15.2 Å². The summed E-state index contributed by atoms with van der Waals surface area (Å²) in [5.74, 6) is 0. The Bertz CT molecular complexity index is 643. The van der Waals surface area contributed by atoms with E-state index in [0.717, 1.165) is 5.39 Å². The van der Waals surface area contributed by atoms with Gasteiger partial charge in [-0.3, -0.25) is 0 Å². The molecule has 0 amide bonds. The van der Waals surface area contributed by atoms with Gasteiger partial charge in [-0.1, -0.05) is 12.1 Å². The van der Waals surface area contributed by atoms with Gasteiger partial charge >= 0.3 is 0 Å². The fourth-order valence-electron chi connectivity index (χ4n) is 1.85. The average Bonchev–Trinajstić information content (AvgIpc) is 2.98. The number of aromatic nitrogens is 4. The lowest BCUT2D eigenvalue weighted by molar-refractivity contribution is 0.151. The Morgan fingerprint density at radius 2 is 1.88 bits per heavy atom. The minimum Gasteiger partial charge on any atom is -0.359 e. The Balaban J connectivity index is 2.38. The molecule has 0 aliphatic carbocycles. The number of fused-ring (bicyclic) bond motifs is 1. The van der Waals surface area contributed by atoms with Gasteiger partial charge in [0.05, 0.1) is 17.9 Å². The molecule has 4 nitrogen and oxygen atoms in total. The molecule has 2 heterocycles. The van der Waals surface area contributed by atoms with Crippen LogP contribution in [0, 0.1) is 0 Å². The van der Waals surface area contributed by atoms with Gasteiger partial charge in [-0.25, -0.2) is 8.78 Å². The van der Waals surface area contributed by atoms with Crippen molar-refractivity contribution in [2.45, 2.75) is 6.43 Å². The van der Waals surface area contributed by atoms with Crippen LogP contribution in [0.4, 0.5) is 8.78 Å². The number of hydrogen-bond donors (Lipinski definition) is 1. The van der Waals surface area contributed by atoms with Gasteiger partial charge in [0, 0.05) is 17.1 Å². The summed E-state index contributed by atoms with van der Waals surface area (Å²) in [5.41, 5.74) is 0.822. The van der Waals surface area contributed by atoms with E-state index in [1.807, 2.05) is 6.07 Å². The Labute approximate surface area is 94.9 Å². The van der Waals surface area contributed by atoms with Gasteiger partial charge in [-0.2, -0.15) is 10.2 Å². The zero-order chi connectivity index (χ0) is 11.8. The first-order valence-electron chi connectivity index (χ1n) is 5.02. The summed E-state index contributed by atoms with van der Waals surface area (Å²) >= 11 is 0. The first-order chi connectivity index (χ1) is 8.27. The molecule has 17 heavy (non-hydrogen) atoms. The average molecular weight is 234 g/mol. The van der Waals surface area contributed by atoms with E-state index in [-0.39, 0.29) is 5.56 Å². The van der Waals surface area contributed by atoms with Gasteiger partial charge in [0.1, 0.15) is 5.69 Å². The Morgan fingerprint density at radius 3 is 2.59 bits per heavy atom. The van der Waals surface area contributed by atoms with Crippen LogP contribution in [0.3, 0.4) is 0 Å². The van der Waals surface area contributed by atoms with E-state index in [1.54, 1.807) is 12.3 Å². The molecule has 2 aromatic heterocycles. The first-order valence-corrected chi connectivity index (χ1v) is 5.02. The van der Waals surface area contributed by atoms with E-state index >= 15 is 0 Å². The zero-order valence-corrected chi connectivity index (χ0v) is 8.64. The molecule has 0 radical (unpaired) electrons. The summed E-state index contributed by atoms with van der Waals surface area (Å²) < 4.78 is 25.9. The monoisotopic (exact) mass is 234 g/mol. The topological polar surface area (TPSA) is 46.5 Å². The molecule has 0 aliphatic rings. The third-order valence-electron chi connectivity index (χ3n) is 2.59. The Morgan fingerprint density at radius 1 is 1.12 bits per heavy atom. The van der Waals surface area contributed by atoms with Crippen molar-refractivity contribution in [1.82, 2.24) is 20.0 Å². The van der Waals surface area contributed by atoms with E-state index < -0.39 is 6.43 Å². The Kier molecular flexibility index (Phi) is 2.14. The van der Waals surface area contributed by atoms with Crippen LogP contribution < -0.4 is 0 Å².